The zero-order valence-corrected chi connectivity index (χ0v) is 8.86. The van der Waals surface area contributed by atoms with Crippen molar-refractivity contribution in [1.29, 1.82) is 0 Å². The molecule has 0 bridgehead atoms. The van der Waals surface area contributed by atoms with Crippen molar-refractivity contribution in [3.8, 4) is 0 Å². The van der Waals surface area contributed by atoms with Crippen molar-refractivity contribution >= 4 is 12.8 Å². The molecule has 0 aliphatic carbocycles. The largest absolute Gasteiger partial charge is 0.583 e. The third kappa shape index (κ3) is 2.81. The van der Waals surface area contributed by atoms with Gasteiger partial charge in [-0.15, -0.1) is 0 Å². The number of aromatic nitrogens is 1. The first-order valence-electron chi connectivity index (χ1n) is 5.29. The summed E-state index contributed by atoms with van der Waals surface area (Å²) in [5.41, 5.74) is 1.59. The molecule has 1 radical (unpaired) electrons. The van der Waals surface area contributed by atoms with Crippen LogP contribution in [-0.4, -0.2) is 38.6 Å². The molecule has 1 N–H and O–H groups in total. The molecule has 2 rings (SSSR count). The number of rotatable bonds is 2. The summed E-state index contributed by atoms with van der Waals surface area (Å²) in [5.74, 6) is 0. The lowest BCUT2D eigenvalue weighted by Gasteiger charge is -2.30. The molecule has 6 heteroatoms. The van der Waals surface area contributed by atoms with Crippen LogP contribution in [0.25, 0.3) is 0 Å². The molecule has 1 saturated heterocycles. The maximum Gasteiger partial charge on any atom is 0.219 e. The third-order valence-corrected chi connectivity index (χ3v) is 2.27. The molecule has 0 aromatic carbocycles. The van der Waals surface area contributed by atoms with Crippen molar-refractivity contribution in [3.63, 3.8) is 0 Å². The second kappa shape index (κ2) is 5.30. The molecule has 1 aromatic rings. The normalized spacial score (nSPS) is 19.8. The van der Waals surface area contributed by atoms with E-state index in [9.17, 15) is 0 Å². The minimum absolute atomic E-state index is 0.403. The van der Waals surface area contributed by atoms with Gasteiger partial charge in [-0.2, -0.15) is 0 Å². The number of hydrogen-bond donors (Lipinski definition) is 1. The number of aryl methyl sites for hydroxylation is 1. The van der Waals surface area contributed by atoms with Gasteiger partial charge in [-0.3, -0.25) is 0 Å². The first kappa shape index (κ1) is 10.7. The molecule has 0 unspecified atom stereocenters. The molecule has 0 atom stereocenters. The van der Waals surface area contributed by atoms with Gasteiger partial charge in [0.15, 0.2) is 0 Å². The van der Waals surface area contributed by atoms with Gasteiger partial charge >= 0.3 is 0 Å². The van der Waals surface area contributed by atoms with E-state index in [1.807, 2.05) is 13.0 Å². The molecule has 0 saturated carbocycles. The van der Waals surface area contributed by atoms with Gasteiger partial charge in [-0.25, -0.2) is 0 Å². The van der Waals surface area contributed by atoms with Crippen LogP contribution in [0.2, 0.25) is 0 Å². The Hall–Kier alpha value is -0.845. The van der Waals surface area contributed by atoms with E-state index in [-0.39, 0.29) is 0 Å². The van der Waals surface area contributed by atoms with E-state index in [0.717, 1.165) is 25.2 Å². The van der Waals surface area contributed by atoms with E-state index in [0.29, 0.717) is 18.9 Å². The summed E-state index contributed by atoms with van der Waals surface area (Å²) in [6.45, 7) is 4.95. The predicted octanol–water partition coefficient (Wildman–Crippen LogP) is -0.431. The third-order valence-electron chi connectivity index (χ3n) is 2.27. The van der Waals surface area contributed by atoms with Gasteiger partial charge in [0.2, 0.25) is 7.12 Å². The highest BCUT2D eigenvalue weighted by Crippen LogP contribution is 1.99. The van der Waals surface area contributed by atoms with Crippen LogP contribution in [0, 0.1) is 0 Å². The van der Waals surface area contributed by atoms with Gasteiger partial charge < -0.3 is 19.1 Å². The number of nitrogens with zero attached hydrogens (tertiary/aromatic N) is 1. The number of nitrogens with one attached hydrogen (secondary N) is 1. The second-order valence-corrected chi connectivity index (χ2v) is 3.40. The van der Waals surface area contributed by atoms with Crippen molar-refractivity contribution in [3.05, 3.63) is 11.8 Å². The monoisotopic (exact) mass is 210 g/mol. The van der Waals surface area contributed by atoms with E-state index in [1.165, 1.54) is 0 Å². The first-order valence-corrected chi connectivity index (χ1v) is 5.29. The molecule has 1 aliphatic rings. The minimum Gasteiger partial charge on any atom is -0.583 e. The average Bonchev–Trinajstić information content (AvgIpc) is 2.65. The van der Waals surface area contributed by atoms with Crippen molar-refractivity contribution in [2.75, 3.05) is 26.3 Å². The first-order chi connectivity index (χ1) is 7.40. The Morgan fingerprint density at radius 2 is 2.13 bits per heavy atom. The quantitative estimate of drug-likeness (QED) is 0.671. The van der Waals surface area contributed by atoms with E-state index in [2.05, 4.69) is 10.5 Å². The summed E-state index contributed by atoms with van der Waals surface area (Å²) in [7, 11) is -0.403. The van der Waals surface area contributed by atoms with Crippen molar-refractivity contribution < 1.29 is 13.8 Å². The Morgan fingerprint density at radius 1 is 1.40 bits per heavy atom. The second-order valence-electron chi connectivity index (χ2n) is 3.40. The Labute approximate surface area is 89.3 Å². The van der Waals surface area contributed by atoms with E-state index in [1.54, 1.807) is 0 Å². The Kier molecular flexibility index (Phi) is 3.77. The van der Waals surface area contributed by atoms with Crippen molar-refractivity contribution in [1.82, 2.24) is 10.5 Å². The van der Waals surface area contributed by atoms with Crippen molar-refractivity contribution in [2.24, 2.45) is 0 Å². The predicted molar refractivity (Wildman–Crippen MR) is 56.0 cm³/mol. The maximum atomic E-state index is 5.51. The van der Waals surface area contributed by atoms with Gasteiger partial charge in [-0.05, 0) is 12.5 Å². The molecule has 0 amide bonds. The summed E-state index contributed by atoms with van der Waals surface area (Å²) in [4.78, 5) is 0. The summed E-state index contributed by atoms with van der Waals surface area (Å²) >= 11 is 0. The molecular formula is C9H15BN2O3-. The van der Waals surface area contributed by atoms with Gasteiger partial charge in [0.1, 0.15) is 0 Å². The van der Waals surface area contributed by atoms with Crippen molar-refractivity contribution in [2.45, 2.75) is 13.3 Å². The van der Waals surface area contributed by atoms with Crippen LogP contribution in [0.3, 0.4) is 0 Å². The van der Waals surface area contributed by atoms with Crippen LogP contribution < -0.4 is 11.0 Å². The Balaban J connectivity index is 2.00. The molecule has 15 heavy (non-hydrogen) atoms. The van der Waals surface area contributed by atoms with Crippen LogP contribution in [0.1, 0.15) is 12.6 Å². The molecule has 5 nitrogen and oxygen atoms in total. The highest BCUT2D eigenvalue weighted by Gasteiger charge is 2.10. The average molecular weight is 210 g/mol. The van der Waals surface area contributed by atoms with Gasteiger partial charge in [0, 0.05) is 32.0 Å². The molecule has 1 fully saturated rings. The highest BCUT2D eigenvalue weighted by atomic mass is 16.6. The molecule has 0 spiro atoms. The lowest BCUT2D eigenvalue weighted by atomic mass is 9.85. The summed E-state index contributed by atoms with van der Waals surface area (Å²) in [6, 6.07) is 1.89. The maximum absolute atomic E-state index is 5.51. The Morgan fingerprint density at radius 3 is 2.73 bits per heavy atom. The topological polar surface area (TPSA) is 56.5 Å². The van der Waals surface area contributed by atoms with Crippen LogP contribution in [-0.2, 0) is 15.7 Å². The molecular weight excluding hydrogens is 195 g/mol. The number of hydrogen-bond acceptors (Lipinski definition) is 5. The van der Waals surface area contributed by atoms with Crippen LogP contribution in [0.15, 0.2) is 10.6 Å². The summed E-state index contributed by atoms with van der Waals surface area (Å²) < 4.78 is 16.2. The fraction of sp³-hybridized carbons (Fsp3) is 0.667. The van der Waals surface area contributed by atoms with Gasteiger partial charge in [-0.1, -0.05) is 12.1 Å². The van der Waals surface area contributed by atoms with Gasteiger partial charge in [0.05, 0.1) is 5.69 Å². The SMILES string of the molecule is CCc1cc([B-]2OCCNCCO2)on1. The fourth-order valence-electron chi connectivity index (χ4n) is 1.42. The minimum atomic E-state index is -0.403. The lowest BCUT2D eigenvalue weighted by Crippen LogP contribution is -2.42. The van der Waals surface area contributed by atoms with E-state index in [4.69, 9.17) is 13.8 Å². The lowest BCUT2D eigenvalue weighted by molar-refractivity contribution is 0.182. The smallest absolute Gasteiger partial charge is 0.219 e. The Bertz CT molecular complexity index is 297. The standard InChI is InChI=1S/C9H15BN2O3/c1-2-8-7-9(15-12-8)10-13-5-3-11-4-6-14-10/h7,11H,2-6H2,1H3/q-1. The zero-order valence-electron chi connectivity index (χ0n) is 8.86. The zero-order chi connectivity index (χ0) is 10.5. The highest BCUT2D eigenvalue weighted by molar-refractivity contribution is 6.59. The summed E-state index contributed by atoms with van der Waals surface area (Å²) in [6.07, 6.45) is 0.859. The van der Waals surface area contributed by atoms with Crippen LogP contribution in [0.5, 0.6) is 0 Å². The van der Waals surface area contributed by atoms with E-state index < -0.39 is 7.12 Å². The molecule has 83 valence electrons. The van der Waals surface area contributed by atoms with Crippen LogP contribution >= 0.6 is 0 Å². The molecule has 2 heterocycles. The van der Waals surface area contributed by atoms with E-state index >= 15 is 0 Å². The van der Waals surface area contributed by atoms with Gasteiger partial charge in [0.25, 0.3) is 0 Å². The fourth-order valence-corrected chi connectivity index (χ4v) is 1.42. The summed E-state index contributed by atoms with van der Waals surface area (Å²) in [5, 5.41) is 7.09. The molecule has 1 aromatic heterocycles. The molecule has 1 aliphatic heterocycles. The van der Waals surface area contributed by atoms with Crippen LogP contribution in [0.4, 0.5) is 0 Å².